The smallest absolute Gasteiger partial charge is 0.246 e. The van der Waals surface area contributed by atoms with Crippen molar-refractivity contribution in [1.29, 1.82) is 0 Å². The summed E-state index contributed by atoms with van der Waals surface area (Å²) in [6, 6.07) is 2.29. The predicted octanol–water partition coefficient (Wildman–Crippen LogP) is 1.11. The van der Waals surface area contributed by atoms with Gasteiger partial charge in [-0.25, -0.2) is 17.2 Å². The predicted molar refractivity (Wildman–Crippen MR) is 71.9 cm³/mol. The molecule has 1 atom stereocenters. The van der Waals surface area contributed by atoms with Crippen LogP contribution in [0.15, 0.2) is 23.1 Å². The Morgan fingerprint density at radius 1 is 1.43 bits per heavy atom. The van der Waals surface area contributed by atoms with Crippen LogP contribution in [0.25, 0.3) is 0 Å². The molecule has 8 heteroatoms. The fourth-order valence-electron chi connectivity index (χ4n) is 2.29. The number of nitrogens with one attached hydrogen (secondary N) is 1. The molecule has 1 aliphatic rings. The number of benzene rings is 1. The van der Waals surface area contributed by atoms with Gasteiger partial charge in [-0.1, -0.05) is 0 Å². The molecular weight excluding hydrogens is 302 g/mol. The van der Waals surface area contributed by atoms with E-state index in [4.69, 9.17) is 0 Å². The summed E-state index contributed by atoms with van der Waals surface area (Å²) in [6.45, 7) is 2.31. The van der Waals surface area contributed by atoms with Gasteiger partial charge in [-0.05, 0) is 31.5 Å². The molecule has 1 aromatic rings. The second kappa shape index (κ2) is 6.07. The third kappa shape index (κ3) is 3.21. The molecule has 1 aromatic carbocycles. The second-order valence-corrected chi connectivity index (χ2v) is 6.72. The third-order valence-electron chi connectivity index (χ3n) is 3.38. The quantitative estimate of drug-likeness (QED) is 0.904. The maximum atomic E-state index is 13.6. The van der Waals surface area contributed by atoms with Crippen molar-refractivity contribution in [2.75, 3.05) is 19.6 Å². The number of hydrogen-bond acceptors (Lipinski definition) is 3. The van der Waals surface area contributed by atoms with Crippen molar-refractivity contribution in [2.45, 2.75) is 18.2 Å². The molecule has 0 saturated carbocycles. The molecule has 116 valence electrons. The highest BCUT2D eigenvalue weighted by Crippen LogP contribution is 2.26. The molecule has 1 saturated heterocycles. The zero-order valence-electron chi connectivity index (χ0n) is 11.5. The normalized spacial score (nSPS) is 19.7. The Hall–Kier alpha value is -1.54. The molecule has 1 aliphatic heterocycles. The van der Waals surface area contributed by atoms with E-state index in [9.17, 15) is 22.0 Å². The zero-order valence-corrected chi connectivity index (χ0v) is 12.3. The van der Waals surface area contributed by atoms with E-state index in [2.05, 4.69) is 5.32 Å². The first-order chi connectivity index (χ1) is 9.86. The number of nitrogens with zero attached hydrogens (tertiary/aromatic N) is 1. The minimum absolute atomic E-state index is 0.0237. The Kier molecular flexibility index (Phi) is 4.58. The van der Waals surface area contributed by atoms with Crippen molar-refractivity contribution in [3.05, 3.63) is 29.8 Å². The van der Waals surface area contributed by atoms with Crippen molar-refractivity contribution in [3.8, 4) is 0 Å². The maximum absolute atomic E-state index is 13.6. The van der Waals surface area contributed by atoms with E-state index in [-0.39, 0.29) is 19.0 Å². The van der Waals surface area contributed by atoms with E-state index in [1.54, 1.807) is 6.92 Å². The summed E-state index contributed by atoms with van der Waals surface area (Å²) in [6.07, 6.45) is 0.363. The highest BCUT2D eigenvalue weighted by atomic mass is 32.2. The molecule has 1 fully saturated rings. The molecule has 0 spiro atoms. The van der Waals surface area contributed by atoms with Gasteiger partial charge in [-0.2, -0.15) is 4.31 Å². The van der Waals surface area contributed by atoms with Gasteiger partial charge >= 0.3 is 0 Å². The number of hydrogen-bond donors (Lipinski definition) is 1. The molecular formula is C13H16F2N2O3S. The van der Waals surface area contributed by atoms with Crippen LogP contribution >= 0.6 is 0 Å². The molecule has 0 radical (unpaired) electrons. The zero-order chi connectivity index (χ0) is 15.6. The summed E-state index contributed by atoms with van der Waals surface area (Å²) in [5, 5.41) is 2.63. The van der Waals surface area contributed by atoms with Crippen LogP contribution in [-0.4, -0.2) is 38.3 Å². The average molecular weight is 318 g/mol. The van der Waals surface area contributed by atoms with E-state index in [0.717, 1.165) is 16.4 Å². The summed E-state index contributed by atoms with van der Waals surface area (Å²) in [4.78, 5) is 11.0. The second-order valence-electron chi connectivity index (χ2n) is 4.82. The van der Waals surface area contributed by atoms with Gasteiger partial charge < -0.3 is 5.32 Å². The summed E-state index contributed by atoms with van der Waals surface area (Å²) in [5.74, 6) is -2.52. The molecule has 0 aliphatic carbocycles. The standard InChI is InChI=1S/C13H16F2N2O3S/c1-2-16-13(18)9-5-6-17(8-9)21(19,20)12-7-10(14)3-4-11(12)15/h3-4,7,9H,2,5-6,8H2,1H3,(H,16,18). The number of halogens is 2. The number of carbonyl (C=O) groups excluding carboxylic acids is 1. The van der Waals surface area contributed by atoms with E-state index in [0.29, 0.717) is 19.0 Å². The van der Waals surface area contributed by atoms with Crippen LogP contribution < -0.4 is 5.32 Å². The summed E-state index contributed by atoms with van der Waals surface area (Å²) in [7, 11) is -4.13. The van der Waals surface area contributed by atoms with Crippen molar-refractivity contribution in [2.24, 2.45) is 5.92 Å². The number of carbonyl (C=O) groups is 1. The number of rotatable bonds is 4. The lowest BCUT2D eigenvalue weighted by atomic mass is 10.1. The van der Waals surface area contributed by atoms with Crippen LogP contribution in [0.4, 0.5) is 8.78 Å². The van der Waals surface area contributed by atoms with Crippen LogP contribution in [0.5, 0.6) is 0 Å². The van der Waals surface area contributed by atoms with Gasteiger partial charge in [0.1, 0.15) is 16.5 Å². The summed E-state index contributed by atoms with van der Waals surface area (Å²) >= 11 is 0. The van der Waals surface area contributed by atoms with Gasteiger partial charge in [0.15, 0.2) is 0 Å². The fraction of sp³-hybridized carbons (Fsp3) is 0.462. The lowest BCUT2D eigenvalue weighted by Gasteiger charge is -2.17. The van der Waals surface area contributed by atoms with E-state index < -0.39 is 32.5 Å². The van der Waals surface area contributed by atoms with Crippen LogP contribution in [0.2, 0.25) is 0 Å². The van der Waals surface area contributed by atoms with Crippen molar-refractivity contribution in [3.63, 3.8) is 0 Å². The van der Waals surface area contributed by atoms with Crippen molar-refractivity contribution in [1.82, 2.24) is 9.62 Å². The minimum Gasteiger partial charge on any atom is -0.356 e. The largest absolute Gasteiger partial charge is 0.356 e. The Labute approximate surface area is 122 Å². The maximum Gasteiger partial charge on any atom is 0.246 e. The van der Waals surface area contributed by atoms with Crippen LogP contribution in [-0.2, 0) is 14.8 Å². The van der Waals surface area contributed by atoms with Gasteiger partial charge in [0.2, 0.25) is 15.9 Å². The molecule has 1 heterocycles. The van der Waals surface area contributed by atoms with Crippen LogP contribution in [0.1, 0.15) is 13.3 Å². The van der Waals surface area contributed by atoms with Crippen molar-refractivity contribution >= 4 is 15.9 Å². The lowest BCUT2D eigenvalue weighted by molar-refractivity contribution is -0.124. The Bertz CT molecular complexity index is 649. The highest BCUT2D eigenvalue weighted by molar-refractivity contribution is 7.89. The molecule has 1 unspecified atom stereocenters. The third-order valence-corrected chi connectivity index (χ3v) is 5.26. The van der Waals surface area contributed by atoms with E-state index >= 15 is 0 Å². The molecule has 2 rings (SSSR count). The SMILES string of the molecule is CCNC(=O)C1CCN(S(=O)(=O)c2cc(F)ccc2F)C1. The number of sulfonamides is 1. The molecule has 1 amide bonds. The van der Waals surface area contributed by atoms with Gasteiger partial charge in [-0.15, -0.1) is 0 Å². The first kappa shape index (κ1) is 15.8. The van der Waals surface area contributed by atoms with Gasteiger partial charge in [0, 0.05) is 19.6 Å². The Morgan fingerprint density at radius 2 is 2.14 bits per heavy atom. The lowest BCUT2D eigenvalue weighted by Crippen LogP contribution is -2.34. The van der Waals surface area contributed by atoms with Gasteiger partial charge in [-0.3, -0.25) is 4.79 Å². The first-order valence-corrected chi connectivity index (χ1v) is 8.03. The van der Waals surface area contributed by atoms with Crippen molar-refractivity contribution < 1.29 is 22.0 Å². The summed E-state index contributed by atoms with van der Waals surface area (Å²) in [5.41, 5.74) is 0. The molecule has 0 aromatic heterocycles. The van der Waals surface area contributed by atoms with Gasteiger partial charge in [0.25, 0.3) is 0 Å². The molecule has 5 nitrogen and oxygen atoms in total. The topological polar surface area (TPSA) is 66.5 Å². The van der Waals surface area contributed by atoms with Crippen LogP contribution in [0.3, 0.4) is 0 Å². The van der Waals surface area contributed by atoms with Gasteiger partial charge in [0.05, 0.1) is 5.92 Å². The van der Waals surface area contributed by atoms with E-state index in [1.807, 2.05) is 0 Å². The Balaban J connectivity index is 2.22. The van der Waals surface area contributed by atoms with E-state index in [1.165, 1.54) is 0 Å². The Morgan fingerprint density at radius 3 is 2.81 bits per heavy atom. The average Bonchev–Trinajstić information content (AvgIpc) is 2.92. The fourth-order valence-corrected chi connectivity index (χ4v) is 3.87. The monoisotopic (exact) mass is 318 g/mol. The number of amides is 1. The van der Waals surface area contributed by atoms with Crippen LogP contribution in [0, 0.1) is 17.6 Å². The summed E-state index contributed by atoms with van der Waals surface area (Å²) < 4.78 is 52.5. The first-order valence-electron chi connectivity index (χ1n) is 6.59. The molecule has 21 heavy (non-hydrogen) atoms. The molecule has 0 bridgehead atoms. The highest BCUT2D eigenvalue weighted by Gasteiger charge is 2.37. The molecule has 1 N–H and O–H groups in total. The minimum atomic E-state index is -4.13.